The van der Waals surface area contributed by atoms with E-state index in [1.165, 1.54) is 0 Å². The predicted molar refractivity (Wildman–Crippen MR) is 68.0 cm³/mol. The summed E-state index contributed by atoms with van der Waals surface area (Å²) in [6.45, 7) is 3.99. The van der Waals surface area contributed by atoms with Crippen molar-refractivity contribution in [3.8, 4) is 11.3 Å². The minimum Gasteiger partial charge on any atom is -0.395 e. The molecule has 0 amide bonds. The van der Waals surface area contributed by atoms with Crippen molar-refractivity contribution in [1.29, 1.82) is 0 Å². The highest BCUT2D eigenvalue weighted by Crippen LogP contribution is 2.39. The van der Waals surface area contributed by atoms with Gasteiger partial charge in [-0.15, -0.1) is 11.3 Å². The lowest BCUT2D eigenvalue weighted by atomic mass is 10.2. The van der Waals surface area contributed by atoms with Gasteiger partial charge in [0.15, 0.2) is 0 Å². The molecule has 0 aromatic carbocycles. The zero-order chi connectivity index (χ0) is 12.2. The summed E-state index contributed by atoms with van der Waals surface area (Å²) in [7, 11) is 1.91. The predicted octanol–water partition coefficient (Wildman–Crippen LogP) is 2.49. The van der Waals surface area contributed by atoms with Crippen molar-refractivity contribution in [2.45, 2.75) is 13.8 Å². The van der Waals surface area contributed by atoms with Gasteiger partial charge in [-0.3, -0.25) is 4.68 Å². The fourth-order valence-electron chi connectivity index (χ4n) is 1.82. The average Bonchev–Trinajstić information content (AvgIpc) is 2.91. The fraction of sp³-hybridized carbons (Fsp3) is 0.273. The highest BCUT2D eigenvalue weighted by Gasteiger charge is 2.19. The second-order valence-corrected chi connectivity index (χ2v) is 5.25. The second kappa shape index (κ2) is 3.33. The number of nitrogens with two attached hydrogens (primary N) is 1. The van der Waals surface area contributed by atoms with Gasteiger partial charge < -0.3 is 10.3 Å². The van der Waals surface area contributed by atoms with Crippen LogP contribution in [0.25, 0.3) is 21.5 Å². The number of hydrogen-bond donors (Lipinski definition) is 1. The van der Waals surface area contributed by atoms with Crippen molar-refractivity contribution < 1.29 is 4.52 Å². The third-order valence-corrected chi connectivity index (χ3v) is 4.13. The molecule has 3 heterocycles. The molecular weight excluding hydrogens is 236 g/mol. The molecule has 0 bridgehead atoms. The zero-order valence-corrected chi connectivity index (χ0v) is 10.6. The van der Waals surface area contributed by atoms with Crippen molar-refractivity contribution in [3.63, 3.8) is 0 Å². The van der Waals surface area contributed by atoms with E-state index in [1.54, 1.807) is 17.5 Å². The van der Waals surface area contributed by atoms with Crippen LogP contribution in [0.4, 0.5) is 5.69 Å². The van der Waals surface area contributed by atoms with Gasteiger partial charge in [0, 0.05) is 23.2 Å². The lowest BCUT2D eigenvalue weighted by Gasteiger charge is -1.95. The number of aromatic nitrogens is 3. The second-order valence-electron chi connectivity index (χ2n) is 4.03. The molecule has 0 aliphatic carbocycles. The molecule has 0 spiro atoms. The molecule has 2 N–H and O–H groups in total. The van der Waals surface area contributed by atoms with E-state index in [2.05, 4.69) is 10.3 Å². The first kappa shape index (κ1) is 10.3. The van der Waals surface area contributed by atoms with Gasteiger partial charge in [-0.2, -0.15) is 5.10 Å². The molecule has 5 nitrogen and oxygen atoms in total. The SMILES string of the molecule is Cc1sc2c(-c3cnn(C)c3C)noc2c1N. The summed E-state index contributed by atoms with van der Waals surface area (Å²) in [4.78, 5) is 1.06. The van der Waals surface area contributed by atoms with Crippen LogP contribution in [-0.2, 0) is 7.05 Å². The summed E-state index contributed by atoms with van der Waals surface area (Å²) in [6, 6.07) is 0. The maximum absolute atomic E-state index is 5.93. The van der Waals surface area contributed by atoms with Gasteiger partial charge in [0.25, 0.3) is 0 Å². The van der Waals surface area contributed by atoms with Gasteiger partial charge in [0.05, 0.1) is 11.9 Å². The topological polar surface area (TPSA) is 69.9 Å². The molecule has 17 heavy (non-hydrogen) atoms. The molecule has 88 valence electrons. The summed E-state index contributed by atoms with van der Waals surface area (Å²) in [6.07, 6.45) is 1.80. The molecule has 3 aromatic heterocycles. The molecule has 0 radical (unpaired) electrons. The number of fused-ring (bicyclic) bond motifs is 1. The average molecular weight is 248 g/mol. The molecule has 0 saturated carbocycles. The van der Waals surface area contributed by atoms with Crippen LogP contribution in [0.5, 0.6) is 0 Å². The summed E-state index contributed by atoms with van der Waals surface area (Å²) >= 11 is 1.61. The quantitative estimate of drug-likeness (QED) is 0.718. The molecule has 3 rings (SSSR count). The third kappa shape index (κ3) is 1.30. The lowest BCUT2D eigenvalue weighted by Crippen LogP contribution is -1.92. The summed E-state index contributed by atoms with van der Waals surface area (Å²) in [5.74, 6) is 0. The molecule has 3 aromatic rings. The van der Waals surface area contributed by atoms with Gasteiger partial charge in [0.2, 0.25) is 5.58 Å². The van der Waals surface area contributed by atoms with E-state index in [0.29, 0.717) is 11.3 Å². The summed E-state index contributed by atoms with van der Waals surface area (Å²) in [5, 5.41) is 8.32. The smallest absolute Gasteiger partial charge is 0.201 e. The Balaban J connectivity index is 2.31. The highest BCUT2D eigenvalue weighted by atomic mass is 32.1. The van der Waals surface area contributed by atoms with Crippen LogP contribution in [0.3, 0.4) is 0 Å². The van der Waals surface area contributed by atoms with E-state index in [4.69, 9.17) is 10.3 Å². The molecule has 0 aliphatic rings. The van der Waals surface area contributed by atoms with Crippen LogP contribution < -0.4 is 5.73 Å². The number of nitrogens with zero attached hydrogens (tertiary/aromatic N) is 3. The third-order valence-electron chi connectivity index (χ3n) is 3.02. The van der Waals surface area contributed by atoms with Crippen LogP contribution >= 0.6 is 11.3 Å². The molecule has 0 unspecified atom stereocenters. The van der Waals surface area contributed by atoms with E-state index in [0.717, 1.165) is 26.5 Å². The minimum absolute atomic E-state index is 0.685. The number of thiophene rings is 1. The lowest BCUT2D eigenvalue weighted by molar-refractivity contribution is 0.460. The first-order valence-electron chi connectivity index (χ1n) is 5.22. The number of hydrogen-bond acceptors (Lipinski definition) is 5. The Morgan fingerprint density at radius 1 is 1.41 bits per heavy atom. The number of nitrogen functional groups attached to an aromatic ring is 1. The van der Waals surface area contributed by atoms with Crippen LogP contribution in [0.2, 0.25) is 0 Å². The first-order valence-corrected chi connectivity index (χ1v) is 6.04. The van der Waals surface area contributed by atoms with E-state index in [9.17, 15) is 0 Å². The first-order chi connectivity index (χ1) is 8.09. The summed E-state index contributed by atoms with van der Waals surface area (Å²) in [5.41, 5.74) is 10.2. The Labute approximate surface area is 102 Å². The van der Waals surface area contributed by atoms with Gasteiger partial charge in [0.1, 0.15) is 10.4 Å². The van der Waals surface area contributed by atoms with E-state index in [-0.39, 0.29) is 0 Å². The van der Waals surface area contributed by atoms with Crippen LogP contribution in [-0.4, -0.2) is 14.9 Å². The normalized spacial score (nSPS) is 11.5. The largest absolute Gasteiger partial charge is 0.395 e. The van der Waals surface area contributed by atoms with Crippen LogP contribution in [0.1, 0.15) is 10.6 Å². The standard InChI is InChI=1S/C11H12N4OS/c1-5-7(4-13-15(5)3)9-11-10(16-14-9)8(12)6(2)17-11/h4H,12H2,1-3H3. The van der Waals surface area contributed by atoms with Crippen molar-refractivity contribution in [2.75, 3.05) is 5.73 Å². The maximum atomic E-state index is 5.93. The Kier molecular flexibility index (Phi) is 2.03. The molecule has 0 atom stereocenters. The Hall–Kier alpha value is -1.82. The van der Waals surface area contributed by atoms with Crippen molar-refractivity contribution in [1.82, 2.24) is 14.9 Å². The van der Waals surface area contributed by atoms with Crippen molar-refractivity contribution in [2.24, 2.45) is 7.05 Å². The van der Waals surface area contributed by atoms with Gasteiger partial charge in [-0.1, -0.05) is 5.16 Å². The molecule has 6 heteroatoms. The number of anilines is 1. The maximum Gasteiger partial charge on any atom is 0.201 e. The molecule has 0 aliphatic heterocycles. The highest BCUT2D eigenvalue weighted by molar-refractivity contribution is 7.20. The monoisotopic (exact) mass is 248 g/mol. The van der Waals surface area contributed by atoms with Crippen LogP contribution in [0, 0.1) is 13.8 Å². The molecule has 0 saturated heterocycles. The number of rotatable bonds is 1. The fourth-order valence-corrected chi connectivity index (χ4v) is 2.81. The number of aryl methyl sites for hydroxylation is 2. The minimum atomic E-state index is 0.685. The van der Waals surface area contributed by atoms with Crippen LogP contribution in [0.15, 0.2) is 10.7 Å². The van der Waals surface area contributed by atoms with Gasteiger partial charge in [-0.25, -0.2) is 0 Å². The molecular formula is C11H12N4OS. The molecule has 0 fully saturated rings. The van der Waals surface area contributed by atoms with Crippen molar-refractivity contribution >= 4 is 27.3 Å². The van der Waals surface area contributed by atoms with Gasteiger partial charge in [-0.05, 0) is 13.8 Å². The Morgan fingerprint density at radius 2 is 2.18 bits per heavy atom. The Bertz CT molecular complexity index is 707. The summed E-state index contributed by atoms with van der Waals surface area (Å²) < 4.78 is 8.13. The zero-order valence-electron chi connectivity index (χ0n) is 9.81. The van der Waals surface area contributed by atoms with E-state index in [1.807, 2.05) is 25.6 Å². The van der Waals surface area contributed by atoms with E-state index >= 15 is 0 Å². The van der Waals surface area contributed by atoms with Gasteiger partial charge >= 0.3 is 0 Å². The van der Waals surface area contributed by atoms with E-state index < -0.39 is 0 Å². The van der Waals surface area contributed by atoms with Crippen molar-refractivity contribution in [3.05, 3.63) is 16.8 Å². The Morgan fingerprint density at radius 3 is 2.82 bits per heavy atom.